The second-order valence-electron chi connectivity index (χ2n) is 2.87. The van der Waals surface area contributed by atoms with Crippen molar-refractivity contribution in [2.45, 2.75) is 13.3 Å². The van der Waals surface area contributed by atoms with Gasteiger partial charge in [-0.15, -0.1) is 11.3 Å². The van der Waals surface area contributed by atoms with Crippen LogP contribution in [0.2, 0.25) is 0 Å². The molecule has 1 heterocycles. The van der Waals surface area contributed by atoms with Gasteiger partial charge in [-0.3, -0.25) is 10.1 Å². The highest BCUT2D eigenvalue weighted by Gasteiger charge is 2.08. The average Bonchev–Trinajstić information content (AvgIpc) is 2.58. The zero-order valence-electron chi connectivity index (χ0n) is 7.56. The van der Waals surface area contributed by atoms with E-state index in [2.05, 4.69) is 4.98 Å². The van der Waals surface area contributed by atoms with E-state index in [1.807, 2.05) is 6.92 Å². The number of rotatable bonds is 2. The quantitative estimate of drug-likeness (QED) is 0.563. The largest absolute Gasteiger partial charge is 0.270 e. The summed E-state index contributed by atoms with van der Waals surface area (Å²) in [4.78, 5) is 14.5. The molecular formula is C9H8N2O2S. The second-order valence-corrected chi connectivity index (χ2v) is 3.99. The summed E-state index contributed by atoms with van der Waals surface area (Å²) in [5, 5.41) is 11.5. The molecule has 1 aromatic heterocycles. The van der Waals surface area contributed by atoms with Crippen LogP contribution in [0.15, 0.2) is 18.2 Å². The number of hydrogen-bond acceptors (Lipinski definition) is 4. The molecule has 0 aliphatic carbocycles. The fourth-order valence-electron chi connectivity index (χ4n) is 1.23. The number of thiazole rings is 1. The van der Waals surface area contributed by atoms with Crippen molar-refractivity contribution in [2.24, 2.45) is 0 Å². The van der Waals surface area contributed by atoms with Crippen LogP contribution < -0.4 is 0 Å². The molecule has 0 amide bonds. The van der Waals surface area contributed by atoms with Crippen LogP contribution in [-0.2, 0) is 6.42 Å². The highest BCUT2D eigenvalue weighted by atomic mass is 32.1. The Bertz CT molecular complexity index is 493. The number of hydrogen-bond donors (Lipinski definition) is 0. The monoisotopic (exact) mass is 208 g/mol. The molecule has 0 N–H and O–H groups in total. The van der Waals surface area contributed by atoms with Gasteiger partial charge in [0.2, 0.25) is 0 Å². The summed E-state index contributed by atoms with van der Waals surface area (Å²) in [6.07, 6.45) is 0.868. The van der Waals surface area contributed by atoms with E-state index in [9.17, 15) is 10.1 Å². The van der Waals surface area contributed by atoms with E-state index >= 15 is 0 Å². The predicted octanol–water partition coefficient (Wildman–Crippen LogP) is 2.77. The molecule has 0 aliphatic heterocycles. The predicted molar refractivity (Wildman–Crippen MR) is 55.7 cm³/mol. The van der Waals surface area contributed by atoms with Crippen LogP contribution >= 0.6 is 11.3 Å². The molecule has 4 nitrogen and oxygen atoms in total. The van der Waals surface area contributed by atoms with Crippen LogP contribution in [0.4, 0.5) is 5.69 Å². The van der Waals surface area contributed by atoms with Gasteiger partial charge in [0.15, 0.2) is 0 Å². The van der Waals surface area contributed by atoms with Crippen LogP contribution in [0.25, 0.3) is 10.2 Å². The molecule has 0 saturated carbocycles. The highest BCUT2D eigenvalue weighted by molar-refractivity contribution is 7.18. The molecule has 14 heavy (non-hydrogen) atoms. The van der Waals surface area contributed by atoms with Crippen molar-refractivity contribution in [1.29, 1.82) is 0 Å². The minimum atomic E-state index is -0.384. The first-order valence-electron chi connectivity index (χ1n) is 4.24. The fourth-order valence-corrected chi connectivity index (χ4v) is 2.17. The number of nitro groups is 1. The lowest BCUT2D eigenvalue weighted by atomic mass is 10.3. The van der Waals surface area contributed by atoms with Gasteiger partial charge in [0.25, 0.3) is 5.69 Å². The van der Waals surface area contributed by atoms with Crippen molar-refractivity contribution in [1.82, 2.24) is 4.98 Å². The molecule has 0 aliphatic rings. The van der Waals surface area contributed by atoms with Crippen LogP contribution in [0, 0.1) is 10.1 Å². The highest BCUT2D eigenvalue weighted by Crippen LogP contribution is 2.26. The molecule has 0 saturated heterocycles. The van der Waals surface area contributed by atoms with Crippen molar-refractivity contribution < 1.29 is 4.92 Å². The smallest absolute Gasteiger partial charge is 0.258 e. The van der Waals surface area contributed by atoms with Crippen molar-refractivity contribution in [2.75, 3.05) is 0 Å². The summed E-state index contributed by atoms with van der Waals surface area (Å²) < 4.78 is 0.885. The van der Waals surface area contributed by atoms with Gasteiger partial charge in [0, 0.05) is 12.1 Å². The lowest BCUT2D eigenvalue weighted by Crippen LogP contribution is -1.85. The van der Waals surface area contributed by atoms with E-state index in [4.69, 9.17) is 0 Å². The van der Waals surface area contributed by atoms with E-state index in [1.54, 1.807) is 12.1 Å². The Hall–Kier alpha value is -1.49. The molecule has 0 fully saturated rings. The zero-order valence-corrected chi connectivity index (χ0v) is 8.37. The molecule has 5 heteroatoms. The molecule has 0 atom stereocenters. The van der Waals surface area contributed by atoms with Crippen LogP contribution in [0.3, 0.4) is 0 Å². The van der Waals surface area contributed by atoms with Gasteiger partial charge in [0.05, 0.1) is 20.1 Å². The fraction of sp³-hybridized carbons (Fsp3) is 0.222. The maximum atomic E-state index is 10.5. The van der Waals surface area contributed by atoms with Crippen molar-refractivity contribution in [3.8, 4) is 0 Å². The molecule has 1 aromatic carbocycles. The van der Waals surface area contributed by atoms with Crippen molar-refractivity contribution in [3.63, 3.8) is 0 Å². The van der Waals surface area contributed by atoms with Crippen LogP contribution in [0.1, 0.15) is 11.9 Å². The minimum absolute atomic E-state index is 0.129. The number of non-ortho nitro benzene ring substituents is 1. The van der Waals surface area contributed by atoms with Gasteiger partial charge < -0.3 is 0 Å². The second kappa shape index (κ2) is 3.34. The van der Waals surface area contributed by atoms with Crippen LogP contribution in [-0.4, -0.2) is 9.91 Å². The lowest BCUT2D eigenvalue weighted by Gasteiger charge is -1.89. The van der Waals surface area contributed by atoms with E-state index in [0.717, 1.165) is 21.6 Å². The Kier molecular flexibility index (Phi) is 2.17. The van der Waals surface area contributed by atoms with Gasteiger partial charge in [-0.1, -0.05) is 6.92 Å². The summed E-state index contributed by atoms with van der Waals surface area (Å²) >= 11 is 1.51. The summed E-state index contributed by atoms with van der Waals surface area (Å²) in [6.45, 7) is 2.02. The van der Waals surface area contributed by atoms with E-state index in [1.165, 1.54) is 17.4 Å². The van der Waals surface area contributed by atoms with E-state index in [0.29, 0.717) is 0 Å². The third-order valence-electron chi connectivity index (χ3n) is 1.93. The van der Waals surface area contributed by atoms with E-state index < -0.39 is 0 Å². The first-order valence-corrected chi connectivity index (χ1v) is 5.06. The van der Waals surface area contributed by atoms with Crippen molar-refractivity contribution in [3.05, 3.63) is 33.3 Å². The molecule has 0 unspecified atom stereocenters. The van der Waals surface area contributed by atoms with Gasteiger partial charge in [0.1, 0.15) is 0 Å². The maximum absolute atomic E-state index is 10.5. The van der Waals surface area contributed by atoms with Gasteiger partial charge in [-0.25, -0.2) is 4.98 Å². The molecule has 72 valence electrons. The Balaban J connectivity index is 2.59. The topological polar surface area (TPSA) is 56.0 Å². The number of nitro benzene ring substituents is 1. The van der Waals surface area contributed by atoms with Gasteiger partial charge in [-0.05, 0) is 12.5 Å². The number of nitrogens with zero attached hydrogens (tertiary/aromatic N) is 2. The normalized spacial score (nSPS) is 10.6. The Labute approximate surface area is 84.4 Å². The average molecular weight is 208 g/mol. The van der Waals surface area contributed by atoms with E-state index in [-0.39, 0.29) is 10.6 Å². The molecule has 0 bridgehead atoms. The summed E-state index contributed by atoms with van der Waals surface area (Å²) in [5.41, 5.74) is 0.973. The lowest BCUT2D eigenvalue weighted by molar-refractivity contribution is -0.384. The van der Waals surface area contributed by atoms with Gasteiger partial charge in [-0.2, -0.15) is 0 Å². The van der Waals surface area contributed by atoms with Crippen molar-refractivity contribution >= 4 is 27.2 Å². The third-order valence-corrected chi connectivity index (χ3v) is 3.09. The Morgan fingerprint density at radius 2 is 2.36 bits per heavy atom. The van der Waals surface area contributed by atoms with Crippen LogP contribution in [0.5, 0.6) is 0 Å². The molecule has 0 radical (unpaired) electrons. The van der Waals surface area contributed by atoms with Gasteiger partial charge >= 0.3 is 0 Å². The first-order chi connectivity index (χ1) is 6.70. The number of benzene rings is 1. The molecule has 2 aromatic rings. The minimum Gasteiger partial charge on any atom is -0.258 e. The number of aromatic nitrogens is 1. The summed E-state index contributed by atoms with van der Waals surface area (Å²) in [6, 6.07) is 4.76. The summed E-state index contributed by atoms with van der Waals surface area (Å²) in [5.74, 6) is 0. The number of aryl methyl sites for hydroxylation is 1. The maximum Gasteiger partial charge on any atom is 0.270 e. The molecule has 2 rings (SSSR count). The number of fused-ring (bicyclic) bond motifs is 1. The first kappa shape index (κ1) is 9.08. The molecular weight excluding hydrogens is 200 g/mol. The standard InChI is InChI=1S/C9H8N2O2S/c1-2-9-10-7-4-3-6(11(12)13)5-8(7)14-9/h3-5H,2H2,1H3. The Morgan fingerprint density at radius 1 is 1.57 bits per heavy atom. The summed E-state index contributed by atoms with van der Waals surface area (Å²) in [7, 11) is 0. The zero-order chi connectivity index (χ0) is 10.1. The Morgan fingerprint density at radius 3 is 3.00 bits per heavy atom. The SMILES string of the molecule is CCc1nc2ccc([N+](=O)[O-])cc2s1. The third kappa shape index (κ3) is 1.46. The molecule has 0 spiro atoms.